The van der Waals surface area contributed by atoms with Crippen LogP contribution in [0.3, 0.4) is 0 Å². The number of rotatable bonds is 4. The Kier molecular flexibility index (Phi) is 4.39. The molecule has 8 nitrogen and oxygen atoms in total. The van der Waals surface area contributed by atoms with E-state index in [4.69, 9.17) is 17.3 Å². The molecule has 0 saturated heterocycles. The molecule has 0 amide bonds. The molecule has 2 heterocycles. The molecule has 2 aromatic carbocycles. The number of nitrogens with one attached hydrogen (secondary N) is 1. The van der Waals surface area contributed by atoms with E-state index in [2.05, 4.69) is 25.3 Å². The lowest BCUT2D eigenvalue weighted by Crippen LogP contribution is -2.22. The Hall–Kier alpha value is -3.52. The van der Waals surface area contributed by atoms with Crippen LogP contribution in [0.15, 0.2) is 59.7 Å². The first-order valence-electron chi connectivity index (χ1n) is 8.06. The zero-order valence-corrected chi connectivity index (χ0v) is 14.8. The summed E-state index contributed by atoms with van der Waals surface area (Å²) < 4.78 is 1.40. The number of halogens is 1. The Bertz CT molecular complexity index is 1180. The van der Waals surface area contributed by atoms with Gasteiger partial charge in [0.2, 0.25) is 11.9 Å². The Morgan fingerprint density at radius 1 is 1.07 bits per heavy atom. The third-order valence-corrected chi connectivity index (χ3v) is 4.06. The van der Waals surface area contributed by atoms with Gasteiger partial charge in [0.15, 0.2) is 5.82 Å². The van der Waals surface area contributed by atoms with Gasteiger partial charge in [-0.3, -0.25) is 9.36 Å². The van der Waals surface area contributed by atoms with Crippen molar-refractivity contribution in [2.75, 3.05) is 11.1 Å². The Labute approximate surface area is 158 Å². The molecule has 0 aliphatic heterocycles. The summed E-state index contributed by atoms with van der Waals surface area (Å²) >= 11 is 5.99. The number of fused-ring (bicyclic) bond motifs is 1. The summed E-state index contributed by atoms with van der Waals surface area (Å²) in [6.45, 7) is 0.102. The molecular weight excluding hydrogens is 366 g/mol. The van der Waals surface area contributed by atoms with Crippen molar-refractivity contribution in [3.63, 3.8) is 0 Å². The van der Waals surface area contributed by atoms with E-state index in [0.29, 0.717) is 27.7 Å². The van der Waals surface area contributed by atoms with Crippen LogP contribution in [0, 0.1) is 0 Å². The number of aromatic nitrogens is 5. The van der Waals surface area contributed by atoms with Gasteiger partial charge in [-0.1, -0.05) is 29.8 Å². The lowest BCUT2D eigenvalue weighted by molar-refractivity contribution is 0.704. The van der Waals surface area contributed by atoms with Crippen LogP contribution in [-0.2, 0) is 6.54 Å². The standard InChI is InChI=1S/C18H14ClN7O/c19-11-6-7-14-13(8-11)16(27)26(10-21-14)9-15-23-17(20)25-18(24-15)22-12-4-2-1-3-5-12/h1-8,10H,9H2,(H3,20,22,23,24,25). The van der Waals surface area contributed by atoms with Gasteiger partial charge < -0.3 is 11.1 Å². The largest absolute Gasteiger partial charge is 0.368 e. The molecule has 0 radical (unpaired) electrons. The molecule has 0 fully saturated rings. The van der Waals surface area contributed by atoms with Crippen molar-refractivity contribution < 1.29 is 0 Å². The zero-order valence-electron chi connectivity index (χ0n) is 14.0. The lowest BCUT2D eigenvalue weighted by atomic mass is 10.2. The first-order chi connectivity index (χ1) is 13.1. The van der Waals surface area contributed by atoms with Gasteiger partial charge in [-0.25, -0.2) is 4.98 Å². The third kappa shape index (κ3) is 3.70. The van der Waals surface area contributed by atoms with E-state index in [1.807, 2.05) is 30.3 Å². The molecule has 0 saturated carbocycles. The maximum atomic E-state index is 12.7. The van der Waals surface area contributed by atoms with Gasteiger partial charge in [-0.15, -0.1) is 0 Å². The molecule has 134 valence electrons. The molecular formula is C18H14ClN7O. The van der Waals surface area contributed by atoms with Crippen LogP contribution in [0.25, 0.3) is 10.9 Å². The van der Waals surface area contributed by atoms with Gasteiger partial charge in [-0.05, 0) is 30.3 Å². The number of nitrogens with zero attached hydrogens (tertiary/aromatic N) is 5. The summed E-state index contributed by atoms with van der Waals surface area (Å²) in [6, 6.07) is 14.4. The fourth-order valence-corrected chi connectivity index (χ4v) is 2.78. The van der Waals surface area contributed by atoms with E-state index in [1.54, 1.807) is 18.2 Å². The number of benzene rings is 2. The van der Waals surface area contributed by atoms with Crippen LogP contribution >= 0.6 is 11.6 Å². The van der Waals surface area contributed by atoms with Gasteiger partial charge >= 0.3 is 0 Å². The number of nitrogen functional groups attached to an aromatic ring is 1. The van der Waals surface area contributed by atoms with E-state index in [9.17, 15) is 4.79 Å². The quantitative estimate of drug-likeness (QED) is 0.560. The van der Waals surface area contributed by atoms with Crippen molar-refractivity contribution in [3.8, 4) is 0 Å². The Morgan fingerprint density at radius 2 is 1.89 bits per heavy atom. The third-order valence-electron chi connectivity index (χ3n) is 3.83. The highest BCUT2D eigenvalue weighted by atomic mass is 35.5. The molecule has 0 aliphatic rings. The van der Waals surface area contributed by atoms with Gasteiger partial charge in [0.1, 0.15) is 0 Å². The van der Waals surface area contributed by atoms with Crippen molar-refractivity contribution in [2.45, 2.75) is 6.54 Å². The summed E-state index contributed by atoms with van der Waals surface area (Å²) in [5.74, 6) is 0.697. The first kappa shape index (κ1) is 16.9. The highest BCUT2D eigenvalue weighted by molar-refractivity contribution is 6.31. The minimum absolute atomic E-state index is 0.0586. The summed E-state index contributed by atoms with van der Waals surface area (Å²) in [5, 5.41) is 3.96. The predicted octanol–water partition coefficient (Wildman–Crippen LogP) is 2.61. The van der Waals surface area contributed by atoms with Gasteiger partial charge in [0.05, 0.1) is 23.8 Å². The van der Waals surface area contributed by atoms with Gasteiger partial charge in [0.25, 0.3) is 5.56 Å². The highest BCUT2D eigenvalue weighted by Crippen LogP contribution is 2.15. The molecule has 3 N–H and O–H groups in total. The summed E-state index contributed by atoms with van der Waals surface area (Å²) in [4.78, 5) is 29.5. The number of hydrogen-bond acceptors (Lipinski definition) is 7. The second kappa shape index (κ2) is 7.00. The van der Waals surface area contributed by atoms with Crippen LogP contribution in [0.5, 0.6) is 0 Å². The first-order valence-corrected chi connectivity index (χ1v) is 8.43. The minimum Gasteiger partial charge on any atom is -0.368 e. The summed E-state index contributed by atoms with van der Waals surface area (Å²) in [7, 11) is 0. The smallest absolute Gasteiger partial charge is 0.261 e. The fourth-order valence-electron chi connectivity index (χ4n) is 2.61. The molecule has 27 heavy (non-hydrogen) atoms. The van der Waals surface area contributed by atoms with Crippen molar-refractivity contribution in [1.29, 1.82) is 0 Å². The fraction of sp³-hybridized carbons (Fsp3) is 0.0556. The Morgan fingerprint density at radius 3 is 2.70 bits per heavy atom. The van der Waals surface area contributed by atoms with Crippen LogP contribution in [0.4, 0.5) is 17.6 Å². The van der Waals surface area contributed by atoms with Gasteiger partial charge in [-0.2, -0.15) is 15.0 Å². The van der Waals surface area contributed by atoms with Crippen LogP contribution < -0.4 is 16.6 Å². The topological polar surface area (TPSA) is 112 Å². The molecule has 9 heteroatoms. The van der Waals surface area contributed by atoms with Crippen molar-refractivity contribution in [3.05, 3.63) is 76.1 Å². The molecule has 0 aliphatic carbocycles. The molecule has 0 bridgehead atoms. The Balaban J connectivity index is 1.67. The van der Waals surface area contributed by atoms with Crippen molar-refractivity contribution in [2.24, 2.45) is 0 Å². The summed E-state index contributed by atoms with van der Waals surface area (Å²) in [6.07, 6.45) is 1.45. The van der Waals surface area contributed by atoms with Crippen LogP contribution in [0.1, 0.15) is 5.82 Å². The molecule has 0 spiro atoms. The van der Waals surface area contributed by atoms with E-state index in [1.165, 1.54) is 10.9 Å². The van der Waals surface area contributed by atoms with E-state index >= 15 is 0 Å². The number of hydrogen-bond donors (Lipinski definition) is 2. The number of anilines is 3. The molecule has 0 atom stereocenters. The molecule has 4 rings (SSSR count). The van der Waals surface area contributed by atoms with E-state index in [-0.39, 0.29) is 18.1 Å². The second-order valence-corrected chi connectivity index (χ2v) is 6.20. The molecule has 2 aromatic heterocycles. The maximum Gasteiger partial charge on any atom is 0.261 e. The predicted molar refractivity (Wildman–Crippen MR) is 104 cm³/mol. The molecule has 4 aromatic rings. The maximum absolute atomic E-state index is 12.7. The summed E-state index contributed by atoms with van der Waals surface area (Å²) in [5.41, 5.74) is 6.94. The van der Waals surface area contributed by atoms with Crippen LogP contribution in [-0.4, -0.2) is 24.5 Å². The average Bonchev–Trinajstić information content (AvgIpc) is 2.65. The van der Waals surface area contributed by atoms with Gasteiger partial charge in [0, 0.05) is 10.7 Å². The number of nitrogens with two attached hydrogens (primary N) is 1. The monoisotopic (exact) mass is 379 g/mol. The average molecular weight is 380 g/mol. The van der Waals surface area contributed by atoms with Crippen molar-refractivity contribution >= 4 is 40.1 Å². The minimum atomic E-state index is -0.237. The second-order valence-electron chi connectivity index (χ2n) is 5.76. The molecule has 0 unspecified atom stereocenters. The van der Waals surface area contributed by atoms with E-state index < -0.39 is 0 Å². The normalized spacial score (nSPS) is 10.9. The van der Waals surface area contributed by atoms with Crippen LogP contribution in [0.2, 0.25) is 5.02 Å². The number of para-hydroxylation sites is 1. The highest BCUT2D eigenvalue weighted by Gasteiger charge is 2.09. The zero-order chi connectivity index (χ0) is 18.8. The lowest BCUT2D eigenvalue weighted by Gasteiger charge is -2.09. The van der Waals surface area contributed by atoms with Crippen molar-refractivity contribution in [1.82, 2.24) is 24.5 Å². The SMILES string of the molecule is Nc1nc(Cn2cnc3ccc(Cl)cc3c2=O)nc(Nc2ccccc2)n1. The van der Waals surface area contributed by atoms with E-state index in [0.717, 1.165) is 5.69 Å².